The van der Waals surface area contributed by atoms with E-state index in [2.05, 4.69) is 33.4 Å². The lowest BCUT2D eigenvalue weighted by molar-refractivity contribution is -0.139. The lowest BCUT2D eigenvalue weighted by Gasteiger charge is -2.17. The molecule has 0 rings (SSSR count). The predicted molar refractivity (Wildman–Crippen MR) is 95.3 cm³/mol. The number of hydrogen-bond donors (Lipinski definition) is 1. The van der Waals surface area contributed by atoms with Crippen molar-refractivity contribution in [2.24, 2.45) is 11.8 Å². The van der Waals surface area contributed by atoms with Crippen molar-refractivity contribution in [3.8, 4) is 0 Å². The van der Waals surface area contributed by atoms with E-state index in [1.54, 1.807) is 0 Å². The number of aliphatic carboxylic acids is 1. The first-order valence-electron chi connectivity index (χ1n) is 8.55. The molecular formula is C19H34O4. The summed E-state index contributed by atoms with van der Waals surface area (Å²) in [5.74, 6) is 0.368. The summed E-state index contributed by atoms with van der Waals surface area (Å²) in [7, 11) is 0. The highest BCUT2D eigenvalue weighted by atomic mass is 16.5. The summed E-state index contributed by atoms with van der Waals surface area (Å²) >= 11 is 0. The van der Waals surface area contributed by atoms with Gasteiger partial charge in [0.2, 0.25) is 0 Å². The number of carboxylic acids is 1. The third-order valence-electron chi connectivity index (χ3n) is 3.88. The van der Waals surface area contributed by atoms with Gasteiger partial charge in [-0.1, -0.05) is 53.7 Å². The Hall–Kier alpha value is -1.58. The molecule has 1 N–H and O–H groups in total. The van der Waals surface area contributed by atoms with E-state index in [-0.39, 0.29) is 5.97 Å². The molecule has 0 aromatic rings. The molecule has 23 heavy (non-hydrogen) atoms. The van der Waals surface area contributed by atoms with Crippen LogP contribution in [-0.4, -0.2) is 23.7 Å². The van der Waals surface area contributed by atoms with Crippen molar-refractivity contribution >= 4 is 11.9 Å². The third kappa shape index (κ3) is 13.8. The molecule has 134 valence electrons. The van der Waals surface area contributed by atoms with Crippen LogP contribution in [0.25, 0.3) is 0 Å². The molecule has 0 fully saturated rings. The average molecular weight is 326 g/mol. The van der Waals surface area contributed by atoms with Gasteiger partial charge in [-0.2, -0.15) is 0 Å². The van der Waals surface area contributed by atoms with Gasteiger partial charge in [0.15, 0.2) is 0 Å². The molecule has 0 radical (unpaired) electrons. The van der Waals surface area contributed by atoms with Gasteiger partial charge in [0.05, 0.1) is 6.61 Å². The third-order valence-corrected chi connectivity index (χ3v) is 3.88. The molecule has 4 nitrogen and oxygen atoms in total. The van der Waals surface area contributed by atoms with Crippen molar-refractivity contribution < 1.29 is 19.4 Å². The van der Waals surface area contributed by atoms with Gasteiger partial charge < -0.3 is 9.84 Å². The van der Waals surface area contributed by atoms with Gasteiger partial charge in [0, 0.05) is 11.6 Å². The molecule has 0 aliphatic rings. The van der Waals surface area contributed by atoms with Crippen LogP contribution in [0, 0.1) is 11.8 Å². The van der Waals surface area contributed by atoms with E-state index in [4.69, 9.17) is 9.84 Å². The number of hydrogen-bond acceptors (Lipinski definition) is 3. The molecule has 0 spiro atoms. The maximum absolute atomic E-state index is 11.7. The monoisotopic (exact) mass is 326 g/mol. The Morgan fingerprint density at radius 1 is 1.17 bits per heavy atom. The number of ether oxygens (including phenoxy) is 1. The Balaban J connectivity index is 0. The number of carbonyl (C=O) groups is 2. The second-order valence-corrected chi connectivity index (χ2v) is 5.70. The van der Waals surface area contributed by atoms with Gasteiger partial charge in [-0.3, -0.25) is 0 Å². The first-order valence-corrected chi connectivity index (χ1v) is 8.55. The number of esters is 1. The van der Waals surface area contributed by atoms with E-state index >= 15 is 0 Å². The summed E-state index contributed by atoms with van der Waals surface area (Å²) in [4.78, 5) is 21.0. The quantitative estimate of drug-likeness (QED) is 0.453. The van der Waals surface area contributed by atoms with Gasteiger partial charge in [-0.25, -0.2) is 9.59 Å². The van der Waals surface area contributed by atoms with Crippen LogP contribution in [0.15, 0.2) is 24.3 Å². The number of allylic oxidation sites excluding steroid dienone is 1. The molecule has 0 saturated carbocycles. The zero-order valence-electron chi connectivity index (χ0n) is 15.4. The Labute approximate surface area is 141 Å². The van der Waals surface area contributed by atoms with Gasteiger partial charge in [-0.15, -0.1) is 0 Å². The molecule has 0 saturated heterocycles. The van der Waals surface area contributed by atoms with E-state index in [0.717, 1.165) is 49.2 Å². The standard InChI is InChI=1S/C16H30O2.C3H4O2/c1-6-12-18-16(17)15(8-3)11-9-10-14(5)13(4)7-2;1-2-3(4)5/h11,13-14H,6-10,12H2,1-5H3;2H,1H2,(H,4,5). The maximum Gasteiger partial charge on any atom is 0.333 e. The van der Waals surface area contributed by atoms with Crippen LogP contribution in [0.4, 0.5) is 0 Å². The first kappa shape index (κ1) is 23.7. The normalized spacial score (nSPS) is 13.3. The second-order valence-electron chi connectivity index (χ2n) is 5.70. The van der Waals surface area contributed by atoms with Crippen molar-refractivity contribution in [3.05, 3.63) is 24.3 Å². The van der Waals surface area contributed by atoms with Gasteiger partial charge in [0.25, 0.3) is 0 Å². The SMILES string of the molecule is C=CC(=O)O.CCCOC(=O)C(=CCCC(C)C(C)CC)CC. The Kier molecular flexibility index (Phi) is 15.8. The topological polar surface area (TPSA) is 63.6 Å². The zero-order chi connectivity index (χ0) is 18.3. The second kappa shape index (κ2) is 15.3. The van der Waals surface area contributed by atoms with Gasteiger partial charge in [0.1, 0.15) is 0 Å². The lowest BCUT2D eigenvalue weighted by atomic mass is 9.89. The number of carboxylic acid groups (broad SMARTS) is 1. The van der Waals surface area contributed by atoms with Crippen LogP contribution >= 0.6 is 0 Å². The highest BCUT2D eigenvalue weighted by molar-refractivity contribution is 5.88. The van der Waals surface area contributed by atoms with Crippen molar-refractivity contribution in [2.45, 2.75) is 66.7 Å². The van der Waals surface area contributed by atoms with Crippen LogP contribution in [-0.2, 0) is 14.3 Å². The van der Waals surface area contributed by atoms with Gasteiger partial charge >= 0.3 is 11.9 Å². The predicted octanol–water partition coefficient (Wildman–Crippen LogP) is 5.00. The van der Waals surface area contributed by atoms with Crippen molar-refractivity contribution in [1.82, 2.24) is 0 Å². The van der Waals surface area contributed by atoms with Crippen LogP contribution in [0.3, 0.4) is 0 Å². The largest absolute Gasteiger partial charge is 0.478 e. The van der Waals surface area contributed by atoms with E-state index in [0.29, 0.717) is 6.61 Å². The summed E-state index contributed by atoms with van der Waals surface area (Å²) in [6.07, 6.45) is 7.91. The Morgan fingerprint density at radius 2 is 1.74 bits per heavy atom. The molecule has 0 aliphatic carbocycles. The summed E-state index contributed by atoms with van der Waals surface area (Å²) in [6.45, 7) is 14.3. The van der Waals surface area contributed by atoms with E-state index in [1.165, 1.54) is 6.42 Å². The molecule has 0 bridgehead atoms. The lowest BCUT2D eigenvalue weighted by Crippen LogP contribution is -2.09. The highest BCUT2D eigenvalue weighted by Crippen LogP contribution is 2.20. The highest BCUT2D eigenvalue weighted by Gasteiger charge is 2.11. The minimum atomic E-state index is -0.981. The molecule has 2 atom stereocenters. The van der Waals surface area contributed by atoms with E-state index in [1.807, 2.05) is 13.8 Å². The van der Waals surface area contributed by atoms with Crippen LogP contribution in [0.2, 0.25) is 0 Å². The first-order chi connectivity index (χ1) is 10.8. The smallest absolute Gasteiger partial charge is 0.333 e. The summed E-state index contributed by atoms with van der Waals surface area (Å²) in [5.41, 5.74) is 0.833. The number of rotatable bonds is 10. The van der Waals surface area contributed by atoms with Crippen molar-refractivity contribution in [1.29, 1.82) is 0 Å². The fraction of sp³-hybridized carbons (Fsp3) is 0.684. The van der Waals surface area contributed by atoms with E-state index in [9.17, 15) is 9.59 Å². The van der Waals surface area contributed by atoms with Crippen molar-refractivity contribution in [2.75, 3.05) is 6.61 Å². The summed E-state index contributed by atoms with van der Waals surface area (Å²) in [5, 5.41) is 7.60. The van der Waals surface area contributed by atoms with Crippen molar-refractivity contribution in [3.63, 3.8) is 0 Å². The average Bonchev–Trinajstić information content (AvgIpc) is 2.55. The minimum Gasteiger partial charge on any atom is -0.478 e. The van der Waals surface area contributed by atoms with Crippen LogP contribution in [0.5, 0.6) is 0 Å². The molecular weight excluding hydrogens is 292 g/mol. The fourth-order valence-electron chi connectivity index (χ4n) is 1.87. The maximum atomic E-state index is 11.7. The fourth-order valence-corrected chi connectivity index (χ4v) is 1.87. The summed E-state index contributed by atoms with van der Waals surface area (Å²) in [6, 6.07) is 0. The van der Waals surface area contributed by atoms with Gasteiger partial charge in [-0.05, 0) is 37.5 Å². The van der Waals surface area contributed by atoms with Crippen LogP contribution < -0.4 is 0 Å². The van der Waals surface area contributed by atoms with E-state index < -0.39 is 5.97 Å². The zero-order valence-corrected chi connectivity index (χ0v) is 15.4. The molecule has 0 aliphatic heterocycles. The molecule has 0 heterocycles. The molecule has 0 aromatic heterocycles. The number of carbonyl (C=O) groups excluding carboxylic acids is 1. The summed E-state index contributed by atoms with van der Waals surface area (Å²) < 4.78 is 5.16. The molecule has 0 amide bonds. The molecule has 2 unspecified atom stereocenters. The minimum absolute atomic E-state index is 0.129. The molecule has 0 aromatic carbocycles. The van der Waals surface area contributed by atoms with Crippen LogP contribution in [0.1, 0.15) is 66.7 Å². The Morgan fingerprint density at radius 3 is 2.13 bits per heavy atom. The Bertz CT molecular complexity index is 372. The molecule has 4 heteroatoms.